The number of rotatable bonds is 6. The first-order valence-corrected chi connectivity index (χ1v) is 8.52. The zero-order chi connectivity index (χ0) is 16.3. The Morgan fingerprint density at radius 1 is 1.18 bits per heavy atom. The summed E-state index contributed by atoms with van der Waals surface area (Å²) < 4.78 is 0. The Morgan fingerprint density at radius 3 is 2.27 bits per heavy atom. The lowest BCUT2D eigenvalue weighted by Crippen LogP contribution is -2.58. The van der Waals surface area contributed by atoms with E-state index in [1.165, 1.54) is 0 Å². The average Bonchev–Trinajstić information content (AvgIpc) is 3.36. The molecule has 0 spiro atoms. The summed E-state index contributed by atoms with van der Waals surface area (Å²) >= 11 is 0. The minimum Gasteiger partial charge on any atom is -0.352 e. The first kappa shape index (κ1) is 17.2. The van der Waals surface area contributed by atoms with Gasteiger partial charge in [0.25, 0.3) is 0 Å². The number of hydrogen-bond donors (Lipinski definition) is 2. The molecule has 3 N–H and O–H groups in total. The van der Waals surface area contributed by atoms with E-state index >= 15 is 0 Å². The van der Waals surface area contributed by atoms with Gasteiger partial charge in [0, 0.05) is 32.2 Å². The molecule has 0 aromatic heterocycles. The van der Waals surface area contributed by atoms with Gasteiger partial charge in [-0.15, -0.1) is 0 Å². The number of carbonyl (C=O) groups is 2. The molecular weight excluding hydrogens is 280 g/mol. The van der Waals surface area contributed by atoms with Crippen LogP contribution < -0.4 is 11.1 Å². The maximum Gasteiger partial charge on any atom is 0.239 e. The number of nitrogens with one attached hydrogen (secondary N) is 1. The van der Waals surface area contributed by atoms with Crippen molar-refractivity contribution >= 4 is 11.8 Å². The molecule has 2 fully saturated rings. The van der Waals surface area contributed by atoms with Crippen molar-refractivity contribution in [1.29, 1.82) is 0 Å². The highest BCUT2D eigenvalue weighted by Crippen LogP contribution is 2.19. The van der Waals surface area contributed by atoms with Crippen LogP contribution in [0, 0.1) is 5.92 Å². The predicted molar refractivity (Wildman–Crippen MR) is 86.2 cm³/mol. The van der Waals surface area contributed by atoms with Crippen LogP contribution in [-0.2, 0) is 9.59 Å². The number of hydrogen-bond acceptors (Lipinski definition) is 4. The van der Waals surface area contributed by atoms with Crippen LogP contribution in [0.15, 0.2) is 0 Å². The van der Waals surface area contributed by atoms with Crippen molar-refractivity contribution in [1.82, 2.24) is 15.1 Å². The highest BCUT2D eigenvalue weighted by molar-refractivity contribution is 5.83. The van der Waals surface area contributed by atoms with E-state index < -0.39 is 6.04 Å². The van der Waals surface area contributed by atoms with Gasteiger partial charge in [-0.25, -0.2) is 0 Å². The fraction of sp³-hybridized carbons (Fsp3) is 0.875. The molecule has 1 aliphatic heterocycles. The van der Waals surface area contributed by atoms with Gasteiger partial charge in [-0.05, 0) is 25.7 Å². The minimum atomic E-state index is -0.410. The molecule has 2 aliphatic rings. The molecule has 2 rings (SSSR count). The number of nitrogens with zero attached hydrogens (tertiary/aromatic N) is 2. The molecule has 0 aromatic rings. The summed E-state index contributed by atoms with van der Waals surface area (Å²) in [6.45, 7) is 8.80. The van der Waals surface area contributed by atoms with Gasteiger partial charge in [-0.2, -0.15) is 0 Å². The maximum absolute atomic E-state index is 12.4. The second kappa shape index (κ2) is 7.42. The lowest BCUT2D eigenvalue weighted by molar-refractivity contribution is -0.136. The van der Waals surface area contributed by atoms with Gasteiger partial charge in [0.2, 0.25) is 11.8 Å². The van der Waals surface area contributed by atoms with Crippen molar-refractivity contribution in [2.75, 3.05) is 26.2 Å². The first-order valence-electron chi connectivity index (χ1n) is 8.52. The maximum atomic E-state index is 12.4. The van der Waals surface area contributed by atoms with Crippen molar-refractivity contribution < 1.29 is 9.59 Å². The number of amides is 2. The topological polar surface area (TPSA) is 78.7 Å². The molecule has 1 saturated carbocycles. The summed E-state index contributed by atoms with van der Waals surface area (Å²) in [5.74, 6) is 0.358. The standard InChI is InChI=1S/C16H30N4O2/c1-4-11(2)14(17)16(22)20-9-7-19(8-10-20)12(3)15(21)18-13-5-6-13/h11-14H,4-10,17H2,1-3H3,(H,18,21). The van der Waals surface area contributed by atoms with E-state index in [0.717, 1.165) is 32.4 Å². The molecule has 0 aromatic carbocycles. The monoisotopic (exact) mass is 310 g/mol. The third-order valence-electron chi connectivity index (χ3n) is 5.02. The van der Waals surface area contributed by atoms with Crippen LogP contribution in [0.25, 0.3) is 0 Å². The molecule has 0 radical (unpaired) electrons. The summed E-state index contributed by atoms with van der Waals surface area (Å²) in [7, 11) is 0. The number of piperazine rings is 1. The van der Waals surface area contributed by atoms with Crippen molar-refractivity contribution in [2.24, 2.45) is 11.7 Å². The third-order valence-corrected chi connectivity index (χ3v) is 5.02. The van der Waals surface area contributed by atoms with Crippen molar-refractivity contribution in [3.05, 3.63) is 0 Å². The Bertz CT molecular complexity index is 403. The van der Waals surface area contributed by atoms with Gasteiger partial charge in [0.15, 0.2) is 0 Å². The smallest absolute Gasteiger partial charge is 0.239 e. The van der Waals surface area contributed by atoms with E-state index in [2.05, 4.69) is 17.1 Å². The molecule has 1 heterocycles. The summed E-state index contributed by atoms with van der Waals surface area (Å²) in [6.07, 6.45) is 3.12. The van der Waals surface area contributed by atoms with Crippen LogP contribution >= 0.6 is 0 Å². The van der Waals surface area contributed by atoms with Crippen LogP contribution in [0.3, 0.4) is 0 Å². The Hall–Kier alpha value is -1.14. The quantitative estimate of drug-likeness (QED) is 0.733. The summed E-state index contributed by atoms with van der Waals surface area (Å²) in [5.41, 5.74) is 6.04. The van der Waals surface area contributed by atoms with Gasteiger partial charge in [-0.3, -0.25) is 14.5 Å². The second-order valence-electron chi connectivity index (χ2n) is 6.73. The Morgan fingerprint density at radius 2 is 1.77 bits per heavy atom. The van der Waals surface area contributed by atoms with E-state index in [4.69, 9.17) is 5.73 Å². The van der Waals surface area contributed by atoms with E-state index in [-0.39, 0.29) is 23.8 Å². The Labute approximate surface area is 133 Å². The van der Waals surface area contributed by atoms with Gasteiger partial charge < -0.3 is 16.0 Å². The van der Waals surface area contributed by atoms with E-state index in [9.17, 15) is 9.59 Å². The SMILES string of the molecule is CCC(C)C(N)C(=O)N1CCN(C(C)C(=O)NC2CC2)CC1. The lowest BCUT2D eigenvalue weighted by Gasteiger charge is -2.38. The van der Waals surface area contributed by atoms with Crippen molar-refractivity contribution in [3.63, 3.8) is 0 Å². The Kier molecular flexibility index (Phi) is 5.81. The summed E-state index contributed by atoms with van der Waals surface area (Å²) in [6, 6.07) is -0.139. The molecule has 3 atom stereocenters. The molecule has 1 saturated heterocycles. The molecule has 6 nitrogen and oxygen atoms in total. The predicted octanol–water partition coefficient (Wildman–Crippen LogP) is 0.171. The molecule has 0 bridgehead atoms. The average molecular weight is 310 g/mol. The van der Waals surface area contributed by atoms with Gasteiger partial charge in [0.05, 0.1) is 12.1 Å². The van der Waals surface area contributed by atoms with Crippen molar-refractivity contribution in [3.8, 4) is 0 Å². The van der Waals surface area contributed by atoms with Crippen LogP contribution in [-0.4, -0.2) is 65.9 Å². The zero-order valence-electron chi connectivity index (χ0n) is 14.0. The van der Waals surface area contributed by atoms with Crippen LogP contribution in [0.1, 0.15) is 40.0 Å². The second-order valence-corrected chi connectivity index (χ2v) is 6.73. The first-order chi connectivity index (χ1) is 10.4. The normalized spacial score (nSPS) is 23.7. The Balaban J connectivity index is 1.79. The summed E-state index contributed by atoms with van der Waals surface area (Å²) in [4.78, 5) is 28.5. The molecule has 2 amide bonds. The fourth-order valence-corrected chi connectivity index (χ4v) is 2.75. The van der Waals surface area contributed by atoms with E-state index in [0.29, 0.717) is 19.1 Å². The van der Waals surface area contributed by atoms with Crippen molar-refractivity contribution in [2.45, 2.75) is 58.2 Å². The van der Waals surface area contributed by atoms with E-state index in [1.54, 1.807) is 0 Å². The third kappa shape index (κ3) is 4.20. The van der Waals surface area contributed by atoms with E-state index in [1.807, 2.05) is 18.7 Å². The molecule has 6 heteroatoms. The van der Waals surface area contributed by atoms with Gasteiger partial charge in [-0.1, -0.05) is 20.3 Å². The summed E-state index contributed by atoms with van der Waals surface area (Å²) in [5, 5.41) is 3.04. The molecule has 1 aliphatic carbocycles. The molecule has 22 heavy (non-hydrogen) atoms. The zero-order valence-corrected chi connectivity index (χ0v) is 14.0. The lowest BCUT2D eigenvalue weighted by atomic mass is 9.98. The largest absolute Gasteiger partial charge is 0.352 e. The highest BCUT2D eigenvalue weighted by atomic mass is 16.2. The molecule has 126 valence electrons. The molecule has 3 unspecified atom stereocenters. The van der Waals surface area contributed by atoms with Gasteiger partial charge in [0.1, 0.15) is 0 Å². The van der Waals surface area contributed by atoms with Crippen LogP contribution in [0.5, 0.6) is 0 Å². The van der Waals surface area contributed by atoms with Gasteiger partial charge >= 0.3 is 0 Å². The molecular formula is C16H30N4O2. The number of carbonyl (C=O) groups excluding carboxylic acids is 2. The van der Waals surface area contributed by atoms with Crippen LogP contribution in [0.2, 0.25) is 0 Å². The number of nitrogens with two attached hydrogens (primary N) is 1. The highest BCUT2D eigenvalue weighted by Gasteiger charge is 2.32. The minimum absolute atomic E-state index is 0.0454. The fourth-order valence-electron chi connectivity index (χ4n) is 2.75. The van der Waals surface area contributed by atoms with Crippen LogP contribution in [0.4, 0.5) is 0 Å².